The van der Waals surface area contributed by atoms with E-state index in [0.29, 0.717) is 40.7 Å². The van der Waals surface area contributed by atoms with Gasteiger partial charge in [-0.05, 0) is 47.9 Å². The monoisotopic (exact) mass is 475 g/mol. The SMILES string of the molecule is COc1ccc(CN2C(=O)C(C(=O)O)C(c3ccc4c(c3)OCO4)Cc3ccccc32)c(OC)c1. The molecule has 5 rings (SSSR count). The summed E-state index contributed by atoms with van der Waals surface area (Å²) in [6, 6.07) is 18.2. The van der Waals surface area contributed by atoms with E-state index < -0.39 is 23.7 Å². The first kappa shape index (κ1) is 22.6. The minimum atomic E-state index is -1.29. The number of ether oxygens (including phenoxy) is 4. The van der Waals surface area contributed by atoms with Gasteiger partial charge in [-0.3, -0.25) is 9.59 Å². The summed E-state index contributed by atoms with van der Waals surface area (Å²) in [5, 5.41) is 10.2. The van der Waals surface area contributed by atoms with Crippen LogP contribution in [0.1, 0.15) is 22.6 Å². The van der Waals surface area contributed by atoms with Crippen LogP contribution in [0.3, 0.4) is 0 Å². The van der Waals surface area contributed by atoms with E-state index in [0.717, 1.165) is 11.1 Å². The third kappa shape index (κ3) is 4.12. The highest BCUT2D eigenvalue weighted by Gasteiger charge is 2.43. The maximum atomic E-state index is 13.9. The van der Waals surface area contributed by atoms with E-state index in [1.54, 1.807) is 43.4 Å². The average molecular weight is 475 g/mol. The highest BCUT2D eigenvalue weighted by atomic mass is 16.7. The Morgan fingerprint density at radius 3 is 2.60 bits per heavy atom. The molecular weight excluding hydrogens is 450 g/mol. The number of hydrogen-bond donors (Lipinski definition) is 1. The zero-order chi connectivity index (χ0) is 24.5. The van der Waals surface area contributed by atoms with E-state index in [1.165, 1.54) is 0 Å². The Bertz CT molecular complexity index is 1290. The lowest BCUT2D eigenvalue weighted by Crippen LogP contribution is -2.40. The van der Waals surface area contributed by atoms with Crippen LogP contribution in [0.15, 0.2) is 60.7 Å². The molecule has 0 saturated heterocycles. The Balaban J connectivity index is 1.59. The molecule has 2 aliphatic rings. The molecule has 2 aliphatic heterocycles. The highest BCUT2D eigenvalue weighted by molar-refractivity contribution is 6.07. The topological polar surface area (TPSA) is 94.5 Å². The van der Waals surface area contributed by atoms with E-state index >= 15 is 0 Å². The van der Waals surface area contributed by atoms with Crippen LogP contribution < -0.4 is 23.8 Å². The summed E-state index contributed by atoms with van der Waals surface area (Å²) in [6.45, 7) is 0.270. The van der Waals surface area contributed by atoms with Gasteiger partial charge in [0.05, 0.1) is 20.8 Å². The molecule has 0 bridgehead atoms. The molecule has 180 valence electrons. The summed E-state index contributed by atoms with van der Waals surface area (Å²) in [5.41, 5.74) is 3.03. The van der Waals surface area contributed by atoms with Crippen molar-refractivity contribution < 1.29 is 33.6 Å². The molecule has 0 aromatic heterocycles. The average Bonchev–Trinajstić information content (AvgIpc) is 3.30. The number of fused-ring (bicyclic) bond motifs is 2. The quantitative estimate of drug-likeness (QED) is 0.539. The van der Waals surface area contributed by atoms with Crippen molar-refractivity contribution in [3.8, 4) is 23.0 Å². The first-order valence-electron chi connectivity index (χ1n) is 11.2. The number of nitrogens with zero attached hydrogens (tertiary/aromatic N) is 1. The van der Waals surface area contributed by atoms with Crippen LogP contribution >= 0.6 is 0 Å². The number of amides is 1. The Morgan fingerprint density at radius 2 is 1.83 bits per heavy atom. The van der Waals surface area contributed by atoms with Gasteiger partial charge in [-0.25, -0.2) is 0 Å². The molecule has 0 aliphatic carbocycles. The van der Waals surface area contributed by atoms with Gasteiger partial charge in [0.1, 0.15) is 17.4 Å². The predicted molar refractivity (Wildman–Crippen MR) is 127 cm³/mol. The molecule has 0 fully saturated rings. The number of carbonyl (C=O) groups excluding carboxylic acids is 1. The summed E-state index contributed by atoms with van der Waals surface area (Å²) >= 11 is 0. The van der Waals surface area contributed by atoms with Gasteiger partial charge in [0, 0.05) is 23.2 Å². The highest BCUT2D eigenvalue weighted by Crippen LogP contribution is 2.42. The fourth-order valence-corrected chi connectivity index (χ4v) is 4.81. The van der Waals surface area contributed by atoms with Crippen LogP contribution in [-0.4, -0.2) is 38.0 Å². The van der Waals surface area contributed by atoms with Gasteiger partial charge in [-0.1, -0.05) is 24.3 Å². The lowest BCUT2D eigenvalue weighted by Gasteiger charge is -2.27. The number of benzene rings is 3. The van der Waals surface area contributed by atoms with Gasteiger partial charge in [-0.15, -0.1) is 0 Å². The van der Waals surface area contributed by atoms with E-state index in [9.17, 15) is 14.7 Å². The molecule has 3 aromatic carbocycles. The van der Waals surface area contributed by atoms with Crippen molar-refractivity contribution in [1.82, 2.24) is 0 Å². The molecule has 2 atom stereocenters. The maximum Gasteiger partial charge on any atom is 0.316 e. The molecule has 8 heteroatoms. The predicted octanol–water partition coefficient (Wildman–Crippen LogP) is 4.01. The Hall–Kier alpha value is -4.20. The lowest BCUT2D eigenvalue weighted by atomic mass is 9.81. The zero-order valence-electron chi connectivity index (χ0n) is 19.4. The molecule has 0 radical (unpaired) electrons. The van der Waals surface area contributed by atoms with Crippen molar-refractivity contribution in [1.29, 1.82) is 0 Å². The number of para-hydroxylation sites is 1. The second-order valence-electron chi connectivity index (χ2n) is 8.47. The summed E-state index contributed by atoms with van der Waals surface area (Å²) in [6.07, 6.45) is 0.384. The van der Waals surface area contributed by atoms with E-state index in [2.05, 4.69) is 0 Å². The molecule has 2 unspecified atom stereocenters. The largest absolute Gasteiger partial charge is 0.497 e. The second kappa shape index (κ2) is 9.21. The Labute approximate surface area is 202 Å². The standard InChI is InChI=1S/C27H25NO7/c1-32-19-9-7-18(23(13-19)33-2)14-28-21-6-4-3-5-17(21)11-20(25(26(28)29)27(30)31)16-8-10-22-24(12-16)35-15-34-22/h3-10,12-13,20,25H,11,14-15H2,1-2H3,(H,30,31). The van der Waals surface area contributed by atoms with Crippen molar-refractivity contribution in [3.63, 3.8) is 0 Å². The van der Waals surface area contributed by atoms with Crippen molar-refractivity contribution in [2.24, 2.45) is 5.92 Å². The van der Waals surface area contributed by atoms with Crippen molar-refractivity contribution >= 4 is 17.6 Å². The number of carboxylic acid groups (broad SMARTS) is 1. The van der Waals surface area contributed by atoms with Gasteiger partial charge in [-0.2, -0.15) is 0 Å². The summed E-state index contributed by atoms with van der Waals surface area (Å²) in [7, 11) is 3.11. The Morgan fingerprint density at radius 1 is 1.03 bits per heavy atom. The summed E-state index contributed by atoms with van der Waals surface area (Å²) in [5.74, 6) is -1.19. The molecule has 1 amide bonds. The zero-order valence-corrected chi connectivity index (χ0v) is 19.4. The van der Waals surface area contributed by atoms with E-state index in [4.69, 9.17) is 18.9 Å². The summed E-state index contributed by atoms with van der Waals surface area (Å²) in [4.78, 5) is 28.0. The Kier molecular flexibility index (Phi) is 5.94. The molecule has 35 heavy (non-hydrogen) atoms. The third-order valence-electron chi connectivity index (χ3n) is 6.57. The van der Waals surface area contributed by atoms with Crippen LogP contribution in [0.2, 0.25) is 0 Å². The molecule has 2 heterocycles. The lowest BCUT2D eigenvalue weighted by molar-refractivity contribution is -0.147. The van der Waals surface area contributed by atoms with Crippen molar-refractivity contribution in [2.75, 3.05) is 25.9 Å². The first-order chi connectivity index (χ1) is 17.0. The van der Waals surface area contributed by atoms with Gasteiger partial charge < -0.3 is 29.0 Å². The number of methoxy groups -OCH3 is 2. The minimum Gasteiger partial charge on any atom is -0.497 e. The molecule has 8 nitrogen and oxygen atoms in total. The summed E-state index contributed by atoms with van der Waals surface area (Å²) < 4.78 is 21.7. The molecule has 0 spiro atoms. The van der Waals surface area contributed by atoms with Gasteiger partial charge in [0.25, 0.3) is 0 Å². The van der Waals surface area contributed by atoms with Crippen LogP contribution in [0.5, 0.6) is 23.0 Å². The van der Waals surface area contributed by atoms with Crippen molar-refractivity contribution in [2.45, 2.75) is 18.9 Å². The number of carboxylic acids is 1. The van der Waals surface area contributed by atoms with Crippen LogP contribution in [0.4, 0.5) is 5.69 Å². The van der Waals surface area contributed by atoms with E-state index in [1.807, 2.05) is 36.4 Å². The number of anilines is 1. The van der Waals surface area contributed by atoms with Gasteiger partial charge >= 0.3 is 5.97 Å². The molecular formula is C27H25NO7. The molecule has 0 saturated carbocycles. The number of hydrogen-bond acceptors (Lipinski definition) is 6. The fraction of sp³-hybridized carbons (Fsp3) is 0.259. The van der Waals surface area contributed by atoms with Crippen molar-refractivity contribution in [3.05, 3.63) is 77.4 Å². The van der Waals surface area contributed by atoms with Crippen LogP contribution in [0.25, 0.3) is 0 Å². The normalized spacial score (nSPS) is 18.6. The molecule has 1 N–H and O–H groups in total. The van der Waals surface area contributed by atoms with Crippen LogP contribution in [-0.2, 0) is 22.6 Å². The van der Waals surface area contributed by atoms with E-state index in [-0.39, 0.29) is 13.3 Å². The minimum absolute atomic E-state index is 0.116. The van der Waals surface area contributed by atoms with Crippen LogP contribution in [0, 0.1) is 5.92 Å². The first-order valence-corrected chi connectivity index (χ1v) is 11.2. The number of carbonyl (C=O) groups is 2. The fourth-order valence-electron chi connectivity index (χ4n) is 4.81. The number of aliphatic carboxylic acids is 1. The van der Waals surface area contributed by atoms with Gasteiger partial charge in [0.15, 0.2) is 11.5 Å². The third-order valence-corrected chi connectivity index (χ3v) is 6.57. The number of rotatable bonds is 6. The second-order valence-corrected chi connectivity index (χ2v) is 8.47. The smallest absolute Gasteiger partial charge is 0.316 e. The maximum absolute atomic E-state index is 13.9. The van der Waals surface area contributed by atoms with Gasteiger partial charge in [0.2, 0.25) is 12.7 Å². The molecule has 3 aromatic rings.